The molecule has 1 heterocycles. The smallest absolute Gasteiger partial charge is 0.120 e. The molecule has 0 spiro atoms. The Morgan fingerprint density at radius 1 is 1.21 bits per heavy atom. The number of hydrogen-bond acceptors (Lipinski definition) is 2. The monoisotopic (exact) mass is 386 g/mol. The van der Waals surface area contributed by atoms with Crippen LogP contribution in [-0.2, 0) is 6.42 Å². The normalized spacial score (nSPS) is 12.4. The standard InChI is InChI=1S/C15H16Br2O2/c1-3-14-12(7-8-19-14)15(17)11-6-5-10(18-4-2)9-13(11)16/h5-9,15H,3-4H2,1-2H3. The summed E-state index contributed by atoms with van der Waals surface area (Å²) in [6.45, 7) is 4.74. The van der Waals surface area contributed by atoms with Crippen molar-refractivity contribution in [2.24, 2.45) is 0 Å². The molecular formula is C15H16Br2O2. The van der Waals surface area contributed by atoms with Crippen LogP contribution in [0.5, 0.6) is 5.75 Å². The predicted octanol–water partition coefficient (Wildman–Crippen LogP) is 5.49. The number of ether oxygens (including phenoxy) is 1. The van der Waals surface area contributed by atoms with E-state index in [1.54, 1.807) is 6.26 Å². The lowest BCUT2D eigenvalue weighted by atomic mass is 10.0. The Morgan fingerprint density at radius 2 is 2.00 bits per heavy atom. The third-order valence-electron chi connectivity index (χ3n) is 2.93. The molecular weight excluding hydrogens is 372 g/mol. The van der Waals surface area contributed by atoms with E-state index in [4.69, 9.17) is 9.15 Å². The Bertz CT molecular complexity index is 549. The molecule has 0 aliphatic rings. The minimum absolute atomic E-state index is 0.117. The highest BCUT2D eigenvalue weighted by atomic mass is 79.9. The van der Waals surface area contributed by atoms with Gasteiger partial charge in [-0.05, 0) is 30.7 Å². The van der Waals surface area contributed by atoms with Crippen molar-refractivity contribution >= 4 is 31.9 Å². The Balaban J connectivity index is 2.31. The maximum Gasteiger partial charge on any atom is 0.120 e. The largest absolute Gasteiger partial charge is 0.494 e. The summed E-state index contributed by atoms with van der Waals surface area (Å²) in [6, 6.07) is 8.07. The van der Waals surface area contributed by atoms with Crippen LogP contribution >= 0.6 is 31.9 Å². The molecule has 4 heteroatoms. The lowest BCUT2D eigenvalue weighted by Crippen LogP contribution is -1.97. The topological polar surface area (TPSA) is 22.4 Å². The van der Waals surface area contributed by atoms with Crippen LogP contribution < -0.4 is 4.74 Å². The van der Waals surface area contributed by atoms with Gasteiger partial charge in [0.15, 0.2) is 0 Å². The van der Waals surface area contributed by atoms with E-state index in [1.807, 2.05) is 25.1 Å². The van der Waals surface area contributed by atoms with E-state index in [1.165, 1.54) is 11.1 Å². The molecule has 2 aromatic rings. The van der Waals surface area contributed by atoms with Crippen molar-refractivity contribution in [3.63, 3.8) is 0 Å². The van der Waals surface area contributed by atoms with Gasteiger partial charge in [0.2, 0.25) is 0 Å². The van der Waals surface area contributed by atoms with Crippen molar-refractivity contribution in [3.8, 4) is 5.75 Å². The fraction of sp³-hybridized carbons (Fsp3) is 0.333. The van der Waals surface area contributed by atoms with Crippen LogP contribution in [0.15, 0.2) is 39.4 Å². The molecule has 1 aromatic heterocycles. The fourth-order valence-electron chi connectivity index (χ4n) is 2.00. The van der Waals surface area contributed by atoms with Gasteiger partial charge in [-0.15, -0.1) is 0 Å². The molecule has 0 bridgehead atoms. The van der Waals surface area contributed by atoms with Crippen LogP contribution in [0.25, 0.3) is 0 Å². The van der Waals surface area contributed by atoms with Crippen LogP contribution in [0.3, 0.4) is 0 Å². The number of hydrogen-bond donors (Lipinski definition) is 0. The average Bonchev–Trinajstić information content (AvgIpc) is 2.87. The van der Waals surface area contributed by atoms with E-state index in [0.29, 0.717) is 6.61 Å². The Labute approximate surface area is 130 Å². The first kappa shape index (κ1) is 14.7. The molecule has 0 saturated carbocycles. The molecule has 1 aromatic carbocycles. The molecule has 0 radical (unpaired) electrons. The van der Waals surface area contributed by atoms with Gasteiger partial charge in [-0.25, -0.2) is 0 Å². The molecule has 0 N–H and O–H groups in total. The zero-order valence-corrected chi connectivity index (χ0v) is 14.1. The summed E-state index contributed by atoms with van der Waals surface area (Å²) in [5, 5.41) is 0. The second-order valence-corrected chi connectivity index (χ2v) is 5.90. The first-order chi connectivity index (χ1) is 9.17. The lowest BCUT2D eigenvalue weighted by molar-refractivity contribution is 0.340. The maximum atomic E-state index is 5.49. The number of alkyl halides is 1. The van der Waals surface area contributed by atoms with Crippen molar-refractivity contribution in [1.29, 1.82) is 0 Å². The molecule has 0 saturated heterocycles. The molecule has 102 valence electrons. The second kappa shape index (κ2) is 6.62. The minimum atomic E-state index is 0.117. The van der Waals surface area contributed by atoms with Gasteiger partial charge >= 0.3 is 0 Å². The SMILES string of the molecule is CCOc1ccc(C(Br)c2ccoc2CC)c(Br)c1. The second-order valence-electron chi connectivity index (χ2n) is 4.13. The third kappa shape index (κ3) is 3.23. The lowest BCUT2D eigenvalue weighted by Gasteiger charge is -2.13. The first-order valence-electron chi connectivity index (χ1n) is 6.29. The van der Waals surface area contributed by atoms with Crippen LogP contribution in [0.1, 0.15) is 35.6 Å². The van der Waals surface area contributed by atoms with Crippen LogP contribution in [0, 0.1) is 0 Å². The highest BCUT2D eigenvalue weighted by Crippen LogP contribution is 2.38. The van der Waals surface area contributed by atoms with Gasteiger partial charge in [-0.1, -0.05) is 44.8 Å². The van der Waals surface area contributed by atoms with Gasteiger partial charge in [0.25, 0.3) is 0 Å². The molecule has 0 aliphatic heterocycles. The highest BCUT2D eigenvalue weighted by Gasteiger charge is 2.18. The van der Waals surface area contributed by atoms with Gasteiger partial charge in [-0.3, -0.25) is 0 Å². The molecule has 0 amide bonds. The first-order valence-corrected chi connectivity index (χ1v) is 8.00. The van der Waals surface area contributed by atoms with Crippen molar-refractivity contribution < 1.29 is 9.15 Å². The predicted molar refractivity (Wildman–Crippen MR) is 84.2 cm³/mol. The summed E-state index contributed by atoms with van der Waals surface area (Å²) in [6.07, 6.45) is 2.63. The Hall–Kier alpha value is -0.740. The fourth-order valence-corrected chi connectivity index (χ4v) is 3.70. The summed E-state index contributed by atoms with van der Waals surface area (Å²) in [4.78, 5) is 0.117. The zero-order chi connectivity index (χ0) is 13.8. The molecule has 2 rings (SSSR count). The van der Waals surface area contributed by atoms with Gasteiger partial charge < -0.3 is 9.15 Å². The molecule has 1 atom stereocenters. The van der Waals surface area contributed by atoms with Gasteiger partial charge in [0, 0.05) is 16.5 Å². The van der Waals surface area contributed by atoms with Crippen LogP contribution in [0.2, 0.25) is 0 Å². The van der Waals surface area contributed by atoms with Gasteiger partial charge in [0.1, 0.15) is 11.5 Å². The molecule has 0 aliphatic carbocycles. The zero-order valence-electron chi connectivity index (χ0n) is 11.0. The Morgan fingerprint density at radius 3 is 2.63 bits per heavy atom. The van der Waals surface area contributed by atoms with E-state index in [9.17, 15) is 0 Å². The minimum Gasteiger partial charge on any atom is -0.494 e. The number of rotatable bonds is 5. The number of aryl methyl sites for hydroxylation is 1. The molecule has 2 nitrogen and oxygen atoms in total. The quantitative estimate of drug-likeness (QED) is 0.633. The van der Waals surface area contributed by atoms with Crippen molar-refractivity contribution in [2.75, 3.05) is 6.61 Å². The number of benzene rings is 1. The molecule has 0 fully saturated rings. The van der Waals surface area contributed by atoms with Crippen molar-refractivity contribution in [2.45, 2.75) is 25.1 Å². The van der Waals surface area contributed by atoms with E-state index in [2.05, 4.69) is 44.8 Å². The maximum absolute atomic E-state index is 5.49. The summed E-state index contributed by atoms with van der Waals surface area (Å²) in [5.74, 6) is 1.89. The molecule has 19 heavy (non-hydrogen) atoms. The summed E-state index contributed by atoms with van der Waals surface area (Å²) in [7, 11) is 0. The van der Waals surface area contributed by atoms with Crippen molar-refractivity contribution in [3.05, 3.63) is 51.9 Å². The van der Waals surface area contributed by atoms with Gasteiger partial charge in [-0.2, -0.15) is 0 Å². The van der Waals surface area contributed by atoms with Crippen LogP contribution in [-0.4, -0.2) is 6.61 Å². The average molecular weight is 388 g/mol. The summed E-state index contributed by atoms with van der Waals surface area (Å²) in [5.41, 5.74) is 2.34. The van der Waals surface area contributed by atoms with E-state index in [0.717, 1.165) is 22.4 Å². The van der Waals surface area contributed by atoms with Crippen LogP contribution in [0.4, 0.5) is 0 Å². The summed E-state index contributed by atoms with van der Waals surface area (Å²) >= 11 is 7.36. The number of halogens is 2. The Kier molecular flexibility index (Phi) is 5.11. The summed E-state index contributed by atoms with van der Waals surface area (Å²) < 4.78 is 12.0. The van der Waals surface area contributed by atoms with Crippen molar-refractivity contribution in [1.82, 2.24) is 0 Å². The highest BCUT2D eigenvalue weighted by molar-refractivity contribution is 9.11. The van der Waals surface area contributed by atoms with Gasteiger partial charge in [0.05, 0.1) is 17.7 Å². The van der Waals surface area contributed by atoms with E-state index < -0.39 is 0 Å². The molecule has 1 unspecified atom stereocenters. The van der Waals surface area contributed by atoms with E-state index in [-0.39, 0.29) is 4.83 Å². The third-order valence-corrected chi connectivity index (χ3v) is 4.60. The number of furan rings is 1. The van der Waals surface area contributed by atoms with E-state index >= 15 is 0 Å².